The molecule has 1 aliphatic heterocycles. The molecule has 1 aromatic carbocycles. The van der Waals surface area contributed by atoms with Crippen molar-refractivity contribution >= 4 is 5.91 Å². The number of benzene rings is 1. The number of rotatable bonds is 4. The van der Waals surface area contributed by atoms with Crippen LogP contribution in [0.15, 0.2) is 42.7 Å². The van der Waals surface area contributed by atoms with Crippen LogP contribution in [0.1, 0.15) is 23.2 Å². The van der Waals surface area contributed by atoms with Gasteiger partial charge < -0.3 is 14.4 Å². The van der Waals surface area contributed by atoms with Gasteiger partial charge in [-0.05, 0) is 25.0 Å². The van der Waals surface area contributed by atoms with Crippen LogP contribution in [0.25, 0.3) is 0 Å². The zero-order chi connectivity index (χ0) is 16.1. The first-order valence-corrected chi connectivity index (χ1v) is 7.64. The quantitative estimate of drug-likeness (QED) is 0.865. The van der Waals surface area contributed by atoms with Crippen molar-refractivity contribution in [2.45, 2.75) is 18.9 Å². The summed E-state index contributed by atoms with van der Waals surface area (Å²) in [6, 6.07) is 9.31. The minimum absolute atomic E-state index is 0.0324. The Bertz CT molecular complexity index is 663. The van der Waals surface area contributed by atoms with E-state index in [-0.39, 0.29) is 12.0 Å². The number of likely N-dealkylation sites (tertiary alicyclic amines) is 1. The first-order chi connectivity index (χ1) is 11.3. The normalized spacial score (nSPS) is 17.6. The van der Waals surface area contributed by atoms with Gasteiger partial charge in [0.2, 0.25) is 0 Å². The van der Waals surface area contributed by atoms with Crippen molar-refractivity contribution in [1.29, 1.82) is 0 Å². The summed E-state index contributed by atoms with van der Waals surface area (Å²) in [5, 5.41) is 0. The third kappa shape index (κ3) is 3.59. The number of nitrogens with zero attached hydrogens (tertiary/aromatic N) is 3. The Balaban J connectivity index is 1.68. The van der Waals surface area contributed by atoms with Crippen molar-refractivity contribution in [1.82, 2.24) is 14.9 Å². The number of ether oxygens (including phenoxy) is 2. The number of hydrogen-bond donors (Lipinski definition) is 0. The molecule has 0 aliphatic carbocycles. The molecule has 1 saturated heterocycles. The van der Waals surface area contributed by atoms with Gasteiger partial charge in [-0.3, -0.25) is 4.79 Å². The Morgan fingerprint density at radius 1 is 1.17 bits per heavy atom. The summed E-state index contributed by atoms with van der Waals surface area (Å²) < 4.78 is 11.1. The van der Waals surface area contributed by atoms with E-state index in [0.29, 0.717) is 23.9 Å². The molecule has 6 heteroatoms. The van der Waals surface area contributed by atoms with Crippen LogP contribution >= 0.6 is 0 Å². The Kier molecular flexibility index (Phi) is 4.71. The van der Waals surface area contributed by atoms with Crippen LogP contribution in [-0.4, -0.2) is 47.1 Å². The zero-order valence-corrected chi connectivity index (χ0v) is 13.0. The van der Waals surface area contributed by atoms with Gasteiger partial charge in [0.1, 0.15) is 6.10 Å². The third-order valence-electron chi connectivity index (χ3n) is 3.79. The van der Waals surface area contributed by atoms with Crippen LogP contribution in [0.3, 0.4) is 0 Å². The van der Waals surface area contributed by atoms with Crippen LogP contribution in [-0.2, 0) is 0 Å². The summed E-state index contributed by atoms with van der Waals surface area (Å²) in [5.74, 6) is 0.762. The van der Waals surface area contributed by atoms with E-state index in [1.54, 1.807) is 12.4 Å². The van der Waals surface area contributed by atoms with Crippen LogP contribution in [0.2, 0.25) is 0 Å². The average molecular weight is 313 g/mol. The fourth-order valence-electron chi connectivity index (χ4n) is 2.67. The second-order valence-corrected chi connectivity index (χ2v) is 5.37. The van der Waals surface area contributed by atoms with Crippen molar-refractivity contribution < 1.29 is 14.3 Å². The van der Waals surface area contributed by atoms with E-state index in [0.717, 1.165) is 19.4 Å². The van der Waals surface area contributed by atoms with E-state index in [1.807, 2.05) is 35.2 Å². The summed E-state index contributed by atoms with van der Waals surface area (Å²) in [7, 11) is 1.53. The second kappa shape index (κ2) is 7.09. The molecule has 0 bridgehead atoms. The average Bonchev–Trinajstić information content (AvgIpc) is 2.62. The molecule has 0 N–H and O–H groups in total. The first kappa shape index (κ1) is 15.3. The molecule has 1 unspecified atom stereocenters. The highest BCUT2D eigenvalue weighted by molar-refractivity contribution is 5.94. The van der Waals surface area contributed by atoms with Gasteiger partial charge in [-0.1, -0.05) is 18.2 Å². The molecule has 1 atom stereocenters. The molecular formula is C17H19N3O3. The monoisotopic (exact) mass is 313 g/mol. The van der Waals surface area contributed by atoms with Crippen molar-refractivity contribution in [2.24, 2.45) is 0 Å². The fraction of sp³-hybridized carbons (Fsp3) is 0.353. The predicted octanol–water partition coefficient (Wildman–Crippen LogP) is 2.17. The maximum atomic E-state index is 12.5. The molecule has 3 rings (SSSR count). The molecule has 6 nitrogen and oxygen atoms in total. The number of carbonyl (C=O) groups excluding carboxylic acids is 1. The van der Waals surface area contributed by atoms with Crippen molar-refractivity contribution in [3.8, 4) is 11.8 Å². The van der Waals surface area contributed by atoms with Crippen molar-refractivity contribution in [3.63, 3.8) is 0 Å². The number of amides is 1. The molecule has 1 amide bonds. The van der Waals surface area contributed by atoms with E-state index < -0.39 is 0 Å². The summed E-state index contributed by atoms with van der Waals surface area (Å²) in [6.45, 7) is 1.28. The van der Waals surface area contributed by atoms with Crippen LogP contribution in [0, 0.1) is 0 Å². The first-order valence-electron chi connectivity index (χ1n) is 7.64. The highest BCUT2D eigenvalue weighted by Gasteiger charge is 2.26. The molecule has 1 aromatic heterocycles. The number of piperidine rings is 1. The van der Waals surface area contributed by atoms with E-state index in [1.165, 1.54) is 7.11 Å². The van der Waals surface area contributed by atoms with Gasteiger partial charge in [0, 0.05) is 24.5 Å². The molecule has 23 heavy (non-hydrogen) atoms. The molecule has 0 spiro atoms. The molecule has 1 aliphatic rings. The number of aromatic nitrogens is 2. The lowest BCUT2D eigenvalue weighted by atomic mass is 10.1. The van der Waals surface area contributed by atoms with Crippen LogP contribution in [0.5, 0.6) is 11.8 Å². The van der Waals surface area contributed by atoms with E-state index in [2.05, 4.69) is 9.97 Å². The van der Waals surface area contributed by atoms with E-state index in [4.69, 9.17) is 9.47 Å². The van der Waals surface area contributed by atoms with Gasteiger partial charge >= 0.3 is 0 Å². The topological polar surface area (TPSA) is 64.6 Å². The lowest BCUT2D eigenvalue weighted by molar-refractivity contribution is 0.0519. The van der Waals surface area contributed by atoms with Gasteiger partial charge in [0.25, 0.3) is 17.7 Å². The van der Waals surface area contributed by atoms with Gasteiger partial charge in [-0.15, -0.1) is 0 Å². The van der Waals surface area contributed by atoms with E-state index >= 15 is 0 Å². The molecular weight excluding hydrogens is 294 g/mol. The molecule has 0 radical (unpaired) electrons. The lowest BCUT2D eigenvalue weighted by Gasteiger charge is -2.32. The van der Waals surface area contributed by atoms with Crippen LogP contribution in [0.4, 0.5) is 0 Å². The summed E-state index contributed by atoms with van der Waals surface area (Å²) in [5.41, 5.74) is 0.699. The molecule has 1 fully saturated rings. The summed E-state index contributed by atoms with van der Waals surface area (Å²) >= 11 is 0. The molecule has 120 valence electrons. The van der Waals surface area contributed by atoms with Gasteiger partial charge in [0.05, 0.1) is 13.7 Å². The maximum absolute atomic E-state index is 12.5. The van der Waals surface area contributed by atoms with Gasteiger partial charge in [-0.25, -0.2) is 9.97 Å². The molecule has 2 heterocycles. The Hall–Kier alpha value is -2.63. The maximum Gasteiger partial charge on any atom is 0.278 e. The minimum atomic E-state index is -0.109. The smallest absolute Gasteiger partial charge is 0.278 e. The van der Waals surface area contributed by atoms with E-state index in [9.17, 15) is 4.79 Å². The highest BCUT2D eigenvalue weighted by Crippen LogP contribution is 2.24. The number of hydrogen-bond acceptors (Lipinski definition) is 5. The van der Waals surface area contributed by atoms with Crippen molar-refractivity contribution in [3.05, 3.63) is 48.3 Å². The molecule has 2 aromatic rings. The Labute approximate surface area is 135 Å². The number of methoxy groups -OCH3 is 1. The summed E-state index contributed by atoms with van der Waals surface area (Å²) in [6.07, 6.45) is 4.78. The van der Waals surface area contributed by atoms with Crippen molar-refractivity contribution in [2.75, 3.05) is 20.2 Å². The third-order valence-corrected chi connectivity index (χ3v) is 3.79. The standard InChI is InChI=1S/C17H19N3O3/c1-22-15-16(19-10-9-18-15)23-14-8-5-11-20(12-14)17(21)13-6-3-2-4-7-13/h2-4,6-7,9-10,14H,5,8,11-12H2,1H3. The molecule has 0 saturated carbocycles. The SMILES string of the molecule is COc1nccnc1OC1CCCN(C(=O)c2ccccc2)C1. The fourth-order valence-corrected chi connectivity index (χ4v) is 2.67. The highest BCUT2D eigenvalue weighted by atomic mass is 16.5. The Morgan fingerprint density at radius 3 is 2.65 bits per heavy atom. The predicted molar refractivity (Wildman–Crippen MR) is 84.6 cm³/mol. The zero-order valence-electron chi connectivity index (χ0n) is 13.0. The van der Waals surface area contributed by atoms with Crippen LogP contribution < -0.4 is 9.47 Å². The van der Waals surface area contributed by atoms with Gasteiger partial charge in [0.15, 0.2) is 0 Å². The second-order valence-electron chi connectivity index (χ2n) is 5.37. The lowest BCUT2D eigenvalue weighted by Crippen LogP contribution is -2.44. The summed E-state index contributed by atoms with van der Waals surface area (Å²) in [4.78, 5) is 22.6. The number of carbonyl (C=O) groups is 1. The Morgan fingerprint density at radius 2 is 1.91 bits per heavy atom. The largest absolute Gasteiger partial charge is 0.477 e. The van der Waals surface area contributed by atoms with Gasteiger partial charge in [-0.2, -0.15) is 0 Å². The minimum Gasteiger partial charge on any atom is -0.477 e.